The highest BCUT2D eigenvalue weighted by Gasteiger charge is 2.40. The van der Waals surface area contributed by atoms with E-state index >= 15 is 0 Å². The Kier molecular flexibility index (Phi) is 6.92. The quantitative estimate of drug-likeness (QED) is 0.687. The number of hydrogen-bond acceptors (Lipinski definition) is 4. The first-order valence-corrected chi connectivity index (χ1v) is 12.1. The topological polar surface area (TPSA) is 86.8 Å². The number of carbonyl (C=O) groups excluding carboxylic acids is 4. The Bertz CT molecular complexity index is 898. The normalized spacial score (nSPS) is 19.9. The van der Waals surface area contributed by atoms with Gasteiger partial charge >= 0.3 is 0 Å². The average molecular weight is 440 g/mol. The maximum atomic E-state index is 13.0. The van der Waals surface area contributed by atoms with Crippen LogP contribution in [0.15, 0.2) is 18.2 Å². The average Bonchev–Trinajstić information content (AvgIpc) is 3.07. The van der Waals surface area contributed by atoms with E-state index < -0.39 is 0 Å². The molecule has 2 aliphatic heterocycles. The van der Waals surface area contributed by atoms with Crippen molar-refractivity contribution in [1.29, 1.82) is 0 Å². The van der Waals surface area contributed by atoms with Crippen molar-refractivity contribution >= 4 is 23.6 Å². The smallest absolute Gasteiger partial charge is 0.261 e. The summed E-state index contributed by atoms with van der Waals surface area (Å²) in [6.07, 6.45) is 8.89. The molecule has 172 valence electrons. The van der Waals surface area contributed by atoms with E-state index in [4.69, 9.17) is 0 Å². The van der Waals surface area contributed by atoms with Gasteiger partial charge in [0.2, 0.25) is 5.91 Å². The Morgan fingerprint density at radius 3 is 2.34 bits per heavy atom. The van der Waals surface area contributed by atoms with Gasteiger partial charge in [0.25, 0.3) is 17.7 Å². The van der Waals surface area contributed by atoms with Crippen LogP contribution in [-0.4, -0.2) is 58.6 Å². The van der Waals surface area contributed by atoms with Crippen LogP contribution in [0.4, 0.5) is 0 Å². The fraction of sp³-hybridized carbons (Fsp3) is 0.600. The zero-order chi connectivity index (χ0) is 22.7. The number of piperidine rings is 1. The molecule has 1 saturated heterocycles. The van der Waals surface area contributed by atoms with Crippen LogP contribution in [0.25, 0.3) is 0 Å². The van der Waals surface area contributed by atoms with Gasteiger partial charge in [-0.1, -0.05) is 32.6 Å². The summed E-state index contributed by atoms with van der Waals surface area (Å²) in [5.41, 5.74) is 1.14. The molecule has 3 aliphatic rings. The number of nitrogens with zero attached hydrogens (tertiary/aromatic N) is 2. The number of fused-ring (bicyclic) bond motifs is 1. The van der Waals surface area contributed by atoms with E-state index in [1.165, 1.54) is 4.90 Å². The molecule has 7 nitrogen and oxygen atoms in total. The van der Waals surface area contributed by atoms with Crippen molar-refractivity contribution in [2.24, 2.45) is 0 Å². The van der Waals surface area contributed by atoms with Gasteiger partial charge in [-0.3, -0.25) is 24.1 Å². The van der Waals surface area contributed by atoms with Crippen LogP contribution in [0, 0.1) is 0 Å². The molecule has 2 heterocycles. The van der Waals surface area contributed by atoms with Crippen molar-refractivity contribution in [3.05, 3.63) is 34.9 Å². The second kappa shape index (κ2) is 9.84. The summed E-state index contributed by atoms with van der Waals surface area (Å²) in [7, 11) is 0. The van der Waals surface area contributed by atoms with E-state index in [9.17, 15) is 19.2 Å². The fourth-order valence-electron chi connectivity index (χ4n) is 5.10. The van der Waals surface area contributed by atoms with Crippen LogP contribution in [0.1, 0.15) is 102 Å². The second-order valence-electron chi connectivity index (χ2n) is 9.26. The highest BCUT2D eigenvalue weighted by Crippen LogP contribution is 2.31. The lowest BCUT2D eigenvalue weighted by Gasteiger charge is -2.32. The maximum Gasteiger partial charge on any atom is 0.261 e. The van der Waals surface area contributed by atoms with Gasteiger partial charge in [0.15, 0.2) is 0 Å². The molecule has 0 radical (unpaired) electrons. The predicted octanol–water partition coefficient (Wildman–Crippen LogP) is 3.53. The van der Waals surface area contributed by atoms with Gasteiger partial charge in [-0.15, -0.1) is 0 Å². The molecule has 1 aromatic carbocycles. The standard InChI is InChI=1S/C25H33N3O4/c1-2-3-9-22(29)27-14-12-18(13-15-27)26-23(30)17-10-11-20-21(16-17)25(32)28(24(20)31)19-7-5-4-6-8-19/h10-11,16,18-19H,2-9,12-15H2,1H3,(H,26,30). The van der Waals surface area contributed by atoms with Crippen molar-refractivity contribution in [3.63, 3.8) is 0 Å². The summed E-state index contributed by atoms with van der Waals surface area (Å²) >= 11 is 0. The van der Waals surface area contributed by atoms with E-state index in [1.807, 2.05) is 4.90 Å². The lowest BCUT2D eigenvalue weighted by atomic mass is 9.94. The molecule has 0 spiro atoms. The van der Waals surface area contributed by atoms with Gasteiger partial charge in [0, 0.05) is 37.2 Å². The van der Waals surface area contributed by atoms with Crippen LogP contribution >= 0.6 is 0 Å². The monoisotopic (exact) mass is 439 g/mol. The Labute approximate surface area is 189 Å². The van der Waals surface area contributed by atoms with Crippen LogP contribution in [0.2, 0.25) is 0 Å². The van der Waals surface area contributed by atoms with Crippen molar-refractivity contribution < 1.29 is 19.2 Å². The lowest BCUT2D eigenvalue weighted by Crippen LogP contribution is -2.46. The van der Waals surface area contributed by atoms with Crippen LogP contribution in [0.3, 0.4) is 0 Å². The summed E-state index contributed by atoms with van der Waals surface area (Å²) in [6.45, 7) is 3.38. The van der Waals surface area contributed by atoms with Gasteiger partial charge < -0.3 is 10.2 Å². The maximum absolute atomic E-state index is 13.0. The molecule has 4 amide bonds. The molecule has 1 aliphatic carbocycles. The molecule has 1 N–H and O–H groups in total. The first kappa shape index (κ1) is 22.5. The number of hydrogen-bond donors (Lipinski definition) is 1. The first-order chi connectivity index (χ1) is 15.5. The zero-order valence-corrected chi connectivity index (χ0v) is 18.9. The SMILES string of the molecule is CCCCC(=O)N1CCC(NC(=O)c2ccc3c(c2)C(=O)N(C2CCCCC2)C3=O)CC1. The Balaban J connectivity index is 1.36. The number of likely N-dealkylation sites (tertiary alicyclic amines) is 1. The predicted molar refractivity (Wildman–Crippen MR) is 120 cm³/mol. The molecule has 0 unspecified atom stereocenters. The van der Waals surface area contributed by atoms with Gasteiger partial charge in [-0.05, 0) is 50.3 Å². The van der Waals surface area contributed by atoms with Gasteiger partial charge in [-0.2, -0.15) is 0 Å². The van der Waals surface area contributed by atoms with E-state index in [2.05, 4.69) is 12.2 Å². The van der Waals surface area contributed by atoms with Crippen molar-refractivity contribution in [3.8, 4) is 0 Å². The number of unbranched alkanes of at least 4 members (excludes halogenated alkanes) is 1. The molecule has 1 aromatic rings. The van der Waals surface area contributed by atoms with Gasteiger partial charge in [-0.25, -0.2) is 0 Å². The van der Waals surface area contributed by atoms with Crippen molar-refractivity contribution in [2.45, 2.75) is 83.2 Å². The molecule has 1 saturated carbocycles. The molecule has 0 atom stereocenters. The second-order valence-corrected chi connectivity index (χ2v) is 9.26. The summed E-state index contributed by atoms with van der Waals surface area (Å²) in [4.78, 5) is 54.1. The number of carbonyl (C=O) groups is 4. The van der Waals surface area contributed by atoms with E-state index in [-0.39, 0.29) is 35.7 Å². The number of amides is 4. The minimum Gasteiger partial charge on any atom is -0.349 e. The third-order valence-electron chi connectivity index (χ3n) is 7.05. The van der Waals surface area contributed by atoms with Crippen LogP contribution in [-0.2, 0) is 4.79 Å². The number of imide groups is 1. The summed E-state index contributed by atoms with van der Waals surface area (Å²) in [5.74, 6) is -0.546. The Morgan fingerprint density at radius 1 is 0.969 bits per heavy atom. The van der Waals surface area contributed by atoms with E-state index in [0.29, 0.717) is 36.2 Å². The Hall–Kier alpha value is -2.70. The third kappa shape index (κ3) is 4.57. The van der Waals surface area contributed by atoms with Crippen LogP contribution in [0.5, 0.6) is 0 Å². The summed E-state index contributed by atoms with van der Waals surface area (Å²) in [5, 5.41) is 3.04. The summed E-state index contributed by atoms with van der Waals surface area (Å²) < 4.78 is 0. The molecule has 4 rings (SSSR count). The largest absolute Gasteiger partial charge is 0.349 e. The molecular weight excluding hydrogens is 406 g/mol. The van der Waals surface area contributed by atoms with Gasteiger partial charge in [0.05, 0.1) is 11.1 Å². The van der Waals surface area contributed by atoms with Crippen LogP contribution < -0.4 is 5.32 Å². The van der Waals surface area contributed by atoms with Crippen molar-refractivity contribution in [1.82, 2.24) is 15.1 Å². The van der Waals surface area contributed by atoms with Crippen molar-refractivity contribution in [2.75, 3.05) is 13.1 Å². The molecule has 2 fully saturated rings. The van der Waals surface area contributed by atoms with E-state index in [1.54, 1.807) is 18.2 Å². The molecule has 0 bridgehead atoms. The van der Waals surface area contributed by atoms with E-state index in [0.717, 1.165) is 57.8 Å². The third-order valence-corrected chi connectivity index (χ3v) is 7.05. The highest BCUT2D eigenvalue weighted by molar-refractivity contribution is 6.22. The highest BCUT2D eigenvalue weighted by atomic mass is 16.2. The lowest BCUT2D eigenvalue weighted by molar-refractivity contribution is -0.132. The molecular formula is C25H33N3O4. The zero-order valence-electron chi connectivity index (χ0n) is 18.9. The number of nitrogens with one attached hydrogen (secondary N) is 1. The Morgan fingerprint density at radius 2 is 1.66 bits per heavy atom. The first-order valence-electron chi connectivity index (χ1n) is 12.1. The minimum atomic E-state index is -0.273. The molecule has 7 heteroatoms. The molecule has 32 heavy (non-hydrogen) atoms. The summed E-state index contributed by atoms with van der Waals surface area (Å²) in [6, 6.07) is 4.78. The van der Waals surface area contributed by atoms with Gasteiger partial charge in [0.1, 0.15) is 0 Å². The fourth-order valence-corrected chi connectivity index (χ4v) is 5.10. The molecule has 0 aromatic heterocycles. The number of rotatable bonds is 6. The minimum absolute atomic E-state index is 0.00190. The number of benzene rings is 1.